The molecule has 1 aromatic heterocycles. The largest absolute Gasteiger partial charge is 0.465 e. The Morgan fingerprint density at radius 3 is 2.32 bits per heavy atom. The van der Waals surface area contributed by atoms with Crippen LogP contribution in [-0.2, 0) is 4.74 Å². The molecule has 0 spiro atoms. The number of carbonyl (C=O) groups is 2. The van der Waals surface area contributed by atoms with Gasteiger partial charge in [-0.3, -0.25) is 4.79 Å². The summed E-state index contributed by atoms with van der Waals surface area (Å²) in [7, 11) is 1.31. The van der Waals surface area contributed by atoms with Crippen molar-refractivity contribution in [2.24, 2.45) is 0 Å². The molecule has 0 saturated carbocycles. The van der Waals surface area contributed by atoms with E-state index in [1.807, 2.05) is 42.5 Å². The third kappa shape index (κ3) is 3.35. The van der Waals surface area contributed by atoms with Gasteiger partial charge in [-0.2, -0.15) is 0 Å². The first-order valence-electron chi connectivity index (χ1n) is 8.60. The highest BCUT2D eigenvalue weighted by Gasteiger charge is 2.15. The van der Waals surface area contributed by atoms with Gasteiger partial charge in [0.2, 0.25) is 5.89 Å². The van der Waals surface area contributed by atoms with E-state index < -0.39 is 5.97 Å². The Hall–Kier alpha value is -3.93. The zero-order chi connectivity index (χ0) is 19.5. The number of methoxy groups -OCH3 is 1. The van der Waals surface area contributed by atoms with Crippen molar-refractivity contribution in [2.45, 2.75) is 0 Å². The second kappa shape index (κ2) is 7.36. The number of fused-ring (bicyclic) bond motifs is 1. The van der Waals surface area contributed by atoms with E-state index >= 15 is 0 Å². The number of esters is 1. The van der Waals surface area contributed by atoms with Gasteiger partial charge in [-0.25, -0.2) is 9.78 Å². The van der Waals surface area contributed by atoms with Crippen molar-refractivity contribution in [1.82, 2.24) is 4.98 Å². The van der Waals surface area contributed by atoms with Gasteiger partial charge in [0.1, 0.15) is 5.52 Å². The number of nitrogens with one attached hydrogen (secondary N) is 1. The van der Waals surface area contributed by atoms with Gasteiger partial charge in [0.05, 0.1) is 23.9 Å². The number of aromatic nitrogens is 1. The highest BCUT2D eigenvalue weighted by Crippen LogP contribution is 2.30. The Balaban J connectivity index is 1.62. The summed E-state index contributed by atoms with van der Waals surface area (Å²) >= 11 is 0. The summed E-state index contributed by atoms with van der Waals surface area (Å²) in [6.45, 7) is 0. The van der Waals surface area contributed by atoms with Gasteiger partial charge in [0, 0.05) is 5.56 Å². The summed E-state index contributed by atoms with van der Waals surface area (Å²) in [4.78, 5) is 28.7. The Morgan fingerprint density at radius 1 is 0.893 bits per heavy atom. The molecule has 0 aliphatic rings. The molecule has 1 amide bonds. The van der Waals surface area contributed by atoms with Gasteiger partial charge < -0.3 is 14.5 Å². The summed E-state index contributed by atoms with van der Waals surface area (Å²) in [5.74, 6) is -0.327. The lowest BCUT2D eigenvalue weighted by atomic mass is 10.1. The van der Waals surface area contributed by atoms with E-state index in [9.17, 15) is 9.59 Å². The number of carbonyl (C=O) groups excluding carboxylic acids is 2. The van der Waals surface area contributed by atoms with Crippen molar-refractivity contribution in [3.8, 4) is 11.5 Å². The molecule has 0 bridgehead atoms. The summed E-state index contributed by atoms with van der Waals surface area (Å²) in [5, 5.41) is 2.88. The number of oxazole rings is 1. The lowest BCUT2D eigenvalue weighted by molar-refractivity contribution is 0.0600. The minimum atomic E-state index is -0.451. The maximum Gasteiger partial charge on any atom is 0.337 e. The fourth-order valence-electron chi connectivity index (χ4n) is 2.84. The molecule has 0 fully saturated rings. The molecule has 0 radical (unpaired) electrons. The molecule has 0 aliphatic heterocycles. The first-order chi connectivity index (χ1) is 13.7. The Morgan fingerprint density at radius 2 is 1.57 bits per heavy atom. The van der Waals surface area contributed by atoms with Gasteiger partial charge in [0.15, 0.2) is 5.58 Å². The van der Waals surface area contributed by atoms with Crippen molar-refractivity contribution < 1.29 is 18.7 Å². The van der Waals surface area contributed by atoms with Crippen molar-refractivity contribution >= 4 is 28.7 Å². The maximum atomic E-state index is 12.6. The highest BCUT2D eigenvalue weighted by atomic mass is 16.5. The normalized spacial score (nSPS) is 10.6. The van der Waals surface area contributed by atoms with E-state index in [1.165, 1.54) is 7.11 Å². The molecule has 1 heterocycles. The number of benzene rings is 3. The molecule has 0 atom stereocenters. The van der Waals surface area contributed by atoms with Crippen LogP contribution in [0.25, 0.3) is 22.6 Å². The molecule has 4 rings (SSSR count). The monoisotopic (exact) mass is 372 g/mol. The molecular weight excluding hydrogens is 356 g/mol. The van der Waals surface area contributed by atoms with E-state index in [-0.39, 0.29) is 5.91 Å². The number of hydrogen-bond acceptors (Lipinski definition) is 5. The second-order valence-corrected chi connectivity index (χ2v) is 6.06. The quantitative estimate of drug-likeness (QED) is 0.532. The van der Waals surface area contributed by atoms with Gasteiger partial charge in [-0.1, -0.05) is 24.3 Å². The number of nitrogens with zero attached hydrogens (tertiary/aromatic N) is 1. The maximum absolute atomic E-state index is 12.6. The molecule has 0 saturated heterocycles. The fraction of sp³-hybridized carbons (Fsp3) is 0.0455. The van der Waals surface area contributed by atoms with Crippen molar-refractivity contribution in [3.05, 3.63) is 83.9 Å². The first-order valence-corrected chi connectivity index (χ1v) is 8.60. The fourth-order valence-corrected chi connectivity index (χ4v) is 2.84. The number of hydrogen-bond donors (Lipinski definition) is 1. The molecule has 28 heavy (non-hydrogen) atoms. The van der Waals surface area contributed by atoms with Gasteiger partial charge in [-0.05, 0) is 48.5 Å². The van der Waals surface area contributed by atoms with Gasteiger partial charge >= 0.3 is 5.97 Å². The predicted octanol–water partition coefficient (Wildman–Crippen LogP) is 4.53. The molecular formula is C22H16N2O4. The predicted molar refractivity (Wildman–Crippen MR) is 105 cm³/mol. The lowest BCUT2D eigenvalue weighted by Gasteiger charge is -2.09. The Labute approximate surface area is 160 Å². The van der Waals surface area contributed by atoms with E-state index in [2.05, 4.69) is 15.0 Å². The first kappa shape index (κ1) is 17.5. The molecule has 0 unspecified atom stereocenters. The van der Waals surface area contributed by atoms with Crippen LogP contribution in [0.1, 0.15) is 20.7 Å². The van der Waals surface area contributed by atoms with E-state index in [0.717, 1.165) is 5.52 Å². The van der Waals surface area contributed by atoms with E-state index in [1.54, 1.807) is 30.3 Å². The number of rotatable bonds is 4. The topological polar surface area (TPSA) is 81.4 Å². The zero-order valence-electron chi connectivity index (χ0n) is 15.0. The number of para-hydroxylation sites is 3. The Kier molecular flexibility index (Phi) is 4.60. The van der Waals surface area contributed by atoms with Crippen LogP contribution in [0.3, 0.4) is 0 Å². The third-order valence-corrected chi connectivity index (χ3v) is 4.27. The molecule has 6 nitrogen and oxygen atoms in total. The smallest absolute Gasteiger partial charge is 0.337 e. The molecule has 6 heteroatoms. The van der Waals surface area contributed by atoms with Gasteiger partial charge in [0.25, 0.3) is 5.91 Å². The minimum Gasteiger partial charge on any atom is -0.465 e. The van der Waals surface area contributed by atoms with E-state index in [4.69, 9.17) is 4.42 Å². The van der Waals surface area contributed by atoms with Crippen LogP contribution in [0.15, 0.2) is 77.2 Å². The minimum absolute atomic E-state index is 0.306. The summed E-state index contributed by atoms with van der Waals surface area (Å²) in [6.07, 6.45) is 0. The summed E-state index contributed by atoms with van der Waals surface area (Å²) in [6, 6.07) is 21.0. The second-order valence-electron chi connectivity index (χ2n) is 6.06. The Bertz CT molecular complexity index is 1130. The van der Waals surface area contributed by atoms with Crippen LogP contribution < -0.4 is 5.32 Å². The standard InChI is InChI=1S/C22H16N2O4/c1-27-22(26)15-12-10-14(11-13-15)20(25)23-17-7-3-2-6-16(17)21-24-18-8-4-5-9-19(18)28-21/h2-13H,1H3,(H,23,25). The van der Waals surface area contributed by atoms with Crippen LogP contribution in [0.5, 0.6) is 0 Å². The van der Waals surface area contributed by atoms with Crippen LogP contribution in [-0.4, -0.2) is 24.0 Å². The zero-order valence-corrected chi connectivity index (χ0v) is 15.0. The van der Waals surface area contributed by atoms with Crippen molar-refractivity contribution in [1.29, 1.82) is 0 Å². The van der Waals surface area contributed by atoms with Crippen LogP contribution in [0.4, 0.5) is 5.69 Å². The molecule has 4 aromatic rings. The number of anilines is 1. The molecule has 138 valence electrons. The highest BCUT2D eigenvalue weighted by molar-refractivity contribution is 6.06. The van der Waals surface area contributed by atoms with Crippen LogP contribution in [0, 0.1) is 0 Å². The lowest BCUT2D eigenvalue weighted by Crippen LogP contribution is -2.13. The molecule has 0 aliphatic carbocycles. The van der Waals surface area contributed by atoms with Crippen LogP contribution >= 0.6 is 0 Å². The SMILES string of the molecule is COC(=O)c1ccc(C(=O)Nc2ccccc2-c2nc3ccccc3o2)cc1. The third-order valence-electron chi connectivity index (χ3n) is 4.27. The summed E-state index contributed by atoms with van der Waals surface area (Å²) in [5.41, 5.74) is 3.48. The molecule has 3 aromatic carbocycles. The average Bonchev–Trinajstić information content (AvgIpc) is 3.17. The number of amides is 1. The van der Waals surface area contributed by atoms with Crippen molar-refractivity contribution in [3.63, 3.8) is 0 Å². The average molecular weight is 372 g/mol. The van der Waals surface area contributed by atoms with Gasteiger partial charge in [-0.15, -0.1) is 0 Å². The van der Waals surface area contributed by atoms with Crippen LogP contribution in [0.2, 0.25) is 0 Å². The summed E-state index contributed by atoms with van der Waals surface area (Å²) < 4.78 is 10.5. The van der Waals surface area contributed by atoms with Crippen molar-refractivity contribution in [2.75, 3.05) is 12.4 Å². The number of ether oxygens (including phenoxy) is 1. The van der Waals surface area contributed by atoms with E-state index in [0.29, 0.717) is 33.9 Å². The molecule has 1 N–H and O–H groups in total.